The van der Waals surface area contributed by atoms with Gasteiger partial charge in [0.25, 0.3) is 5.91 Å². The van der Waals surface area contributed by atoms with Gasteiger partial charge in [0.2, 0.25) is 0 Å². The van der Waals surface area contributed by atoms with E-state index in [-0.39, 0.29) is 22.8 Å². The van der Waals surface area contributed by atoms with Crippen molar-refractivity contribution in [1.29, 1.82) is 0 Å². The van der Waals surface area contributed by atoms with Crippen LogP contribution in [0, 0.1) is 0 Å². The third kappa shape index (κ3) is 4.10. The highest BCUT2D eigenvalue weighted by Gasteiger charge is 2.32. The van der Waals surface area contributed by atoms with Crippen LogP contribution < -0.4 is 5.73 Å². The average molecular weight is 281 g/mol. The zero-order valence-electron chi connectivity index (χ0n) is 9.59. The quantitative estimate of drug-likeness (QED) is 0.865. The lowest BCUT2D eigenvalue weighted by atomic mass is 10.1. The van der Waals surface area contributed by atoms with Gasteiger partial charge in [0.15, 0.2) is 0 Å². The molecule has 1 aromatic carbocycles. The zero-order chi connectivity index (χ0) is 13.9. The number of rotatable bonds is 3. The predicted octanol–water partition coefficient (Wildman–Crippen LogP) is 2.95. The van der Waals surface area contributed by atoms with Gasteiger partial charge in [-0.1, -0.05) is 11.6 Å². The summed E-state index contributed by atoms with van der Waals surface area (Å²) in [6.07, 6.45) is -4.43. The maximum Gasteiger partial charge on any atom is 0.406 e. The molecule has 0 aliphatic rings. The predicted molar refractivity (Wildman–Crippen MR) is 63.5 cm³/mol. The summed E-state index contributed by atoms with van der Waals surface area (Å²) in [5.41, 5.74) is 5.77. The number of nitrogens with two attached hydrogens (primary N) is 1. The largest absolute Gasteiger partial charge is 0.406 e. The maximum absolute atomic E-state index is 12.3. The molecule has 1 rings (SSSR count). The van der Waals surface area contributed by atoms with E-state index in [1.54, 1.807) is 0 Å². The monoisotopic (exact) mass is 280 g/mol. The van der Waals surface area contributed by atoms with Crippen molar-refractivity contribution < 1.29 is 18.0 Å². The van der Waals surface area contributed by atoms with Crippen molar-refractivity contribution in [1.82, 2.24) is 4.90 Å². The standard InChI is InChI=1S/C11H12ClF3N2O/c1-2-17(6-11(13,14)15)10(18)7-3-8(12)5-9(16)4-7/h3-5H,2,6,16H2,1H3. The number of hydrogen-bond acceptors (Lipinski definition) is 2. The smallest absolute Gasteiger partial charge is 0.399 e. The minimum absolute atomic E-state index is 0.0473. The van der Waals surface area contributed by atoms with Crippen LogP contribution in [0.2, 0.25) is 5.02 Å². The lowest BCUT2D eigenvalue weighted by Gasteiger charge is -2.22. The number of nitrogens with zero attached hydrogens (tertiary/aromatic N) is 1. The van der Waals surface area contributed by atoms with E-state index in [2.05, 4.69) is 0 Å². The number of hydrogen-bond donors (Lipinski definition) is 1. The zero-order valence-corrected chi connectivity index (χ0v) is 10.3. The third-order valence-corrected chi connectivity index (χ3v) is 2.42. The van der Waals surface area contributed by atoms with Gasteiger partial charge >= 0.3 is 6.18 Å². The first-order chi connectivity index (χ1) is 8.23. The summed E-state index contributed by atoms with van der Waals surface area (Å²) in [7, 11) is 0. The van der Waals surface area contributed by atoms with Gasteiger partial charge in [0.05, 0.1) is 0 Å². The maximum atomic E-state index is 12.3. The van der Waals surface area contributed by atoms with E-state index < -0.39 is 18.6 Å². The first-order valence-electron chi connectivity index (χ1n) is 5.15. The highest BCUT2D eigenvalue weighted by molar-refractivity contribution is 6.31. The number of halogens is 4. The molecule has 0 aromatic heterocycles. The highest BCUT2D eigenvalue weighted by atomic mass is 35.5. The first-order valence-corrected chi connectivity index (χ1v) is 5.53. The molecule has 2 N–H and O–H groups in total. The van der Waals surface area contributed by atoms with Crippen LogP contribution in [0.3, 0.4) is 0 Å². The molecule has 0 saturated heterocycles. The van der Waals surface area contributed by atoms with Crippen LogP contribution in [0.15, 0.2) is 18.2 Å². The molecule has 0 heterocycles. The fourth-order valence-electron chi connectivity index (χ4n) is 1.46. The van der Waals surface area contributed by atoms with Crippen molar-refractivity contribution in [3.63, 3.8) is 0 Å². The molecule has 0 atom stereocenters. The second-order valence-electron chi connectivity index (χ2n) is 3.71. The van der Waals surface area contributed by atoms with Crippen molar-refractivity contribution in [2.24, 2.45) is 0 Å². The second kappa shape index (κ2) is 5.48. The number of carbonyl (C=O) groups excluding carboxylic acids is 1. The Morgan fingerprint density at radius 1 is 1.39 bits per heavy atom. The summed E-state index contributed by atoms with van der Waals surface area (Å²) in [5, 5.41) is 0.210. The molecule has 0 aliphatic heterocycles. The normalized spacial score (nSPS) is 11.4. The Morgan fingerprint density at radius 2 is 2.00 bits per heavy atom. The fourth-order valence-corrected chi connectivity index (χ4v) is 1.71. The van der Waals surface area contributed by atoms with E-state index >= 15 is 0 Å². The Morgan fingerprint density at radius 3 is 2.44 bits per heavy atom. The Balaban J connectivity index is 2.96. The minimum atomic E-state index is -4.43. The van der Waals surface area contributed by atoms with Gasteiger partial charge in [-0.3, -0.25) is 4.79 Å². The molecular weight excluding hydrogens is 269 g/mol. The van der Waals surface area contributed by atoms with Crippen molar-refractivity contribution in [2.75, 3.05) is 18.8 Å². The van der Waals surface area contributed by atoms with E-state index in [1.165, 1.54) is 25.1 Å². The molecule has 0 saturated carbocycles. The Labute approximate surface area is 107 Å². The SMILES string of the molecule is CCN(CC(F)(F)F)C(=O)c1cc(N)cc(Cl)c1. The summed E-state index contributed by atoms with van der Waals surface area (Å²) in [4.78, 5) is 12.6. The third-order valence-electron chi connectivity index (χ3n) is 2.21. The molecule has 100 valence electrons. The van der Waals surface area contributed by atoms with E-state index in [1.807, 2.05) is 0 Å². The fraction of sp³-hybridized carbons (Fsp3) is 0.364. The van der Waals surface area contributed by atoms with Gasteiger partial charge in [-0.15, -0.1) is 0 Å². The topological polar surface area (TPSA) is 46.3 Å². The number of nitrogen functional groups attached to an aromatic ring is 1. The van der Waals surface area contributed by atoms with E-state index in [0.29, 0.717) is 4.90 Å². The van der Waals surface area contributed by atoms with Crippen molar-refractivity contribution in [3.05, 3.63) is 28.8 Å². The van der Waals surface area contributed by atoms with Crippen LogP contribution in [-0.4, -0.2) is 30.1 Å². The van der Waals surface area contributed by atoms with Crippen LogP contribution in [0.4, 0.5) is 18.9 Å². The molecule has 0 fully saturated rings. The summed E-state index contributed by atoms with van der Waals surface area (Å²) >= 11 is 5.70. The molecule has 1 amide bonds. The van der Waals surface area contributed by atoms with Crippen LogP contribution >= 0.6 is 11.6 Å². The van der Waals surface area contributed by atoms with Crippen molar-refractivity contribution in [3.8, 4) is 0 Å². The second-order valence-corrected chi connectivity index (χ2v) is 4.14. The average Bonchev–Trinajstić information content (AvgIpc) is 2.22. The molecule has 3 nitrogen and oxygen atoms in total. The van der Waals surface area contributed by atoms with Crippen LogP contribution in [0.1, 0.15) is 17.3 Å². The molecule has 0 aliphatic carbocycles. The first kappa shape index (κ1) is 14.6. The van der Waals surface area contributed by atoms with Crippen LogP contribution in [0.25, 0.3) is 0 Å². The van der Waals surface area contributed by atoms with Crippen molar-refractivity contribution in [2.45, 2.75) is 13.1 Å². The van der Waals surface area contributed by atoms with Gasteiger partial charge in [0.1, 0.15) is 6.54 Å². The molecule has 0 unspecified atom stereocenters. The molecule has 18 heavy (non-hydrogen) atoms. The van der Waals surface area contributed by atoms with Crippen molar-refractivity contribution >= 4 is 23.2 Å². The van der Waals surface area contributed by atoms with E-state index in [4.69, 9.17) is 17.3 Å². The Kier molecular flexibility index (Phi) is 4.45. The highest BCUT2D eigenvalue weighted by Crippen LogP contribution is 2.21. The summed E-state index contributed by atoms with van der Waals surface area (Å²) in [5.74, 6) is -0.746. The van der Waals surface area contributed by atoms with Gasteiger partial charge in [-0.2, -0.15) is 13.2 Å². The molecule has 0 bridgehead atoms. The van der Waals surface area contributed by atoms with Crippen LogP contribution in [0.5, 0.6) is 0 Å². The summed E-state index contributed by atoms with van der Waals surface area (Å²) in [6.45, 7) is 0.122. The lowest BCUT2D eigenvalue weighted by molar-refractivity contribution is -0.140. The molecule has 7 heteroatoms. The molecule has 0 spiro atoms. The summed E-state index contributed by atoms with van der Waals surface area (Å²) in [6, 6.07) is 4.00. The van der Waals surface area contributed by atoms with Gasteiger partial charge in [0, 0.05) is 22.8 Å². The van der Waals surface area contributed by atoms with Gasteiger partial charge < -0.3 is 10.6 Å². The Bertz CT molecular complexity index is 428. The van der Waals surface area contributed by atoms with Crippen LogP contribution in [-0.2, 0) is 0 Å². The lowest BCUT2D eigenvalue weighted by Crippen LogP contribution is -2.38. The molecule has 0 radical (unpaired) electrons. The number of benzene rings is 1. The van der Waals surface area contributed by atoms with Gasteiger partial charge in [-0.25, -0.2) is 0 Å². The number of carbonyl (C=O) groups is 1. The minimum Gasteiger partial charge on any atom is -0.399 e. The van der Waals surface area contributed by atoms with E-state index in [9.17, 15) is 18.0 Å². The molecule has 1 aromatic rings. The number of anilines is 1. The number of alkyl halides is 3. The molecular formula is C11H12ClF3N2O. The Hall–Kier alpha value is -1.43. The summed E-state index contributed by atoms with van der Waals surface area (Å²) < 4.78 is 36.8. The number of amides is 1. The van der Waals surface area contributed by atoms with E-state index in [0.717, 1.165) is 0 Å². The van der Waals surface area contributed by atoms with Gasteiger partial charge in [-0.05, 0) is 25.1 Å².